The Labute approximate surface area is 108 Å². The molecule has 0 heterocycles. The fraction of sp³-hybridized carbons (Fsp3) is 0.571. The Morgan fingerprint density at radius 1 is 1.41 bits per heavy atom. The van der Waals surface area contributed by atoms with Crippen LogP contribution in [0.15, 0.2) is 17.0 Å². The Morgan fingerprint density at radius 3 is 2.53 bits per heavy atom. The second-order valence-corrected chi connectivity index (χ2v) is 5.55. The first kappa shape index (κ1) is 12.8. The molecular weight excluding hydrogens is 230 g/mol. The molecule has 1 aromatic rings. The second-order valence-electron chi connectivity index (χ2n) is 4.70. The SMILES string of the molecule is CCc1cc(OC)c(C2(CN)CC2)cc1SC. The van der Waals surface area contributed by atoms with Crippen molar-refractivity contribution in [3.63, 3.8) is 0 Å². The smallest absolute Gasteiger partial charge is 0.123 e. The summed E-state index contributed by atoms with van der Waals surface area (Å²) >= 11 is 1.81. The molecule has 0 amide bonds. The molecule has 1 aliphatic rings. The van der Waals surface area contributed by atoms with E-state index in [0.717, 1.165) is 18.7 Å². The standard InChI is InChI=1S/C14H21NOS/c1-4-10-7-12(16-2)11(8-13(10)17-3)14(9-15)5-6-14/h7-8H,4-6,9,15H2,1-3H3. The maximum absolute atomic E-state index is 5.92. The Balaban J connectivity index is 2.50. The second kappa shape index (κ2) is 4.91. The van der Waals surface area contributed by atoms with Gasteiger partial charge in [-0.05, 0) is 43.2 Å². The van der Waals surface area contributed by atoms with Crippen molar-refractivity contribution >= 4 is 11.8 Å². The first-order valence-electron chi connectivity index (χ1n) is 6.16. The van der Waals surface area contributed by atoms with E-state index in [1.54, 1.807) is 7.11 Å². The van der Waals surface area contributed by atoms with E-state index >= 15 is 0 Å². The molecule has 3 heteroatoms. The predicted octanol–water partition coefficient (Wildman–Crippen LogP) is 2.97. The molecule has 1 aromatic carbocycles. The molecule has 0 aliphatic heterocycles. The van der Waals surface area contributed by atoms with Gasteiger partial charge in [-0.3, -0.25) is 0 Å². The van der Waals surface area contributed by atoms with Crippen molar-refractivity contribution < 1.29 is 4.74 Å². The van der Waals surface area contributed by atoms with Crippen LogP contribution in [-0.2, 0) is 11.8 Å². The molecule has 0 unspecified atom stereocenters. The Morgan fingerprint density at radius 2 is 2.12 bits per heavy atom. The lowest BCUT2D eigenvalue weighted by Gasteiger charge is -2.20. The van der Waals surface area contributed by atoms with Crippen LogP contribution in [0, 0.1) is 0 Å². The first-order chi connectivity index (χ1) is 8.20. The summed E-state index contributed by atoms with van der Waals surface area (Å²) in [6.07, 6.45) is 5.56. The van der Waals surface area contributed by atoms with E-state index in [-0.39, 0.29) is 5.41 Å². The lowest BCUT2D eigenvalue weighted by atomic mass is 9.93. The number of benzene rings is 1. The summed E-state index contributed by atoms with van der Waals surface area (Å²) in [7, 11) is 1.75. The number of methoxy groups -OCH3 is 1. The molecule has 1 saturated carbocycles. The topological polar surface area (TPSA) is 35.2 Å². The Hall–Kier alpha value is -0.670. The molecule has 2 rings (SSSR count). The highest BCUT2D eigenvalue weighted by Gasteiger charge is 2.45. The molecule has 1 aliphatic carbocycles. The third-order valence-corrected chi connectivity index (χ3v) is 4.62. The molecule has 2 nitrogen and oxygen atoms in total. The van der Waals surface area contributed by atoms with Gasteiger partial charge in [0.05, 0.1) is 7.11 Å². The van der Waals surface area contributed by atoms with Gasteiger partial charge in [-0.15, -0.1) is 11.8 Å². The highest BCUT2D eigenvalue weighted by Crippen LogP contribution is 2.51. The van der Waals surface area contributed by atoms with Crippen LogP contribution in [0.4, 0.5) is 0 Å². The zero-order valence-corrected chi connectivity index (χ0v) is 11.7. The van der Waals surface area contributed by atoms with Crippen LogP contribution in [0.25, 0.3) is 0 Å². The molecule has 0 aromatic heterocycles. The van der Waals surface area contributed by atoms with Gasteiger partial charge in [0, 0.05) is 22.4 Å². The average molecular weight is 251 g/mol. The predicted molar refractivity (Wildman–Crippen MR) is 74.1 cm³/mol. The van der Waals surface area contributed by atoms with Gasteiger partial charge in [-0.2, -0.15) is 0 Å². The number of hydrogen-bond acceptors (Lipinski definition) is 3. The molecule has 0 bridgehead atoms. The van der Waals surface area contributed by atoms with E-state index in [4.69, 9.17) is 10.5 Å². The quantitative estimate of drug-likeness (QED) is 0.817. The molecule has 0 saturated heterocycles. The van der Waals surface area contributed by atoms with Crippen LogP contribution in [0.3, 0.4) is 0 Å². The van der Waals surface area contributed by atoms with Crippen LogP contribution in [0.2, 0.25) is 0 Å². The van der Waals surface area contributed by atoms with E-state index in [9.17, 15) is 0 Å². The van der Waals surface area contributed by atoms with Crippen LogP contribution < -0.4 is 10.5 Å². The van der Waals surface area contributed by atoms with Crippen LogP contribution in [0.1, 0.15) is 30.9 Å². The number of thioether (sulfide) groups is 1. The number of ether oxygens (including phenoxy) is 1. The number of nitrogens with two attached hydrogens (primary N) is 1. The van der Waals surface area contributed by atoms with Crippen molar-refractivity contribution in [3.05, 3.63) is 23.3 Å². The zero-order valence-electron chi connectivity index (χ0n) is 10.9. The van der Waals surface area contributed by atoms with E-state index in [0.29, 0.717) is 0 Å². The van der Waals surface area contributed by atoms with E-state index in [1.165, 1.54) is 28.9 Å². The van der Waals surface area contributed by atoms with Crippen molar-refractivity contribution in [2.24, 2.45) is 5.73 Å². The largest absolute Gasteiger partial charge is 0.496 e. The summed E-state index contributed by atoms with van der Waals surface area (Å²) in [6, 6.07) is 4.49. The summed E-state index contributed by atoms with van der Waals surface area (Å²) in [5.74, 6) is 1.02. The summed E-state index contributed by atoms with van der Waals surface area (Å²) in [5, 5.41) is 0. The third kappa shape index (κ3) is 2.18. The van der Waals surface area contributed by atoms with Gasteiger partial charge in [0.15, 0.2) is 0 Å². The number of rotatable bonds is 5. The molecule has 94 valence electrons. The fourth-order valence-corrected chi connectivity index (χ4v) is 3.09. The van der Waals surface area contributed by atoms with Gasteiger partial charge < -0.3 is 10.5 Å². The van der Waals surface area contributed by atoms with E-state index < -0.39 is 0 Å². The van der Waals surface area contributed by atoms with Crippen LogP contribution in [-0.4, -0.2) is 19.9 Å². The lowest BCUT2D eigenvalue weighted by molar-refractivity contribution is 0.403. The minimum Gasteiger partial charge on any atom is -0.496 e. The number of aryl methyl sites for hydroxylation is 1. The summed E-state index contributed by atoms with van der Waals surface area (Å²) < 4.78 is 5.55. The van der Waals surface area contributed by atoms with Gasteiger partial charge in [0.25, 0.3) is 0 Å². The van der Waals surface area contributed by atoms with Crippen molar-refractivity contribution in [3.8, 4) is 5.75 Å². The van der Waals surface area contributed by atoms with Crippen LogP contribution in [0.5, 0.6) is 5.75 Å². The zero-order chi connectivity index (χ0) is 12.5. The Kier molecular flexibility index (Phi) is 3.69. The number of hydrogen-bond donors (Lipinski definition) is 1. The molecule has 0 atom stereocenters. The monoisotopic (exact) mass is 251 g/mol. The highest BCUT2D eigenvalue weighted by atomic mass is 32.2. The molecule has 0 spiro atoms. The third-order valence-electron chi connectivity index (χ3n) is 3.80. The lowest BCUT2D eigenvalue weighted by Crippen LogP contribution is -2.20. The first-order valence-corrected chi connectivity index (χ1v) is 7.38. The average Bonchev–Trinajstić information content (AvgIpc) is 3.18. The molecular formula is C14H21NOS. The fourth-order valence-electron chi connectivity index (χ4n) is 2.39. The van der Waals surface area contributed by atoms with Gasteiger partial charge in [-0.1, -0.05) is 6.92 Å². The van der Waals surface area contributed by atoms with E-state index in [2.05, 4.69) is 25.3 Å². The minimum atomic E-state index is 0.197. The van der Waals surface area contributed by atoms with Crippen molar-refractivity contribution in [2.75, 3.05) is 19.9 Å². The maximum atomic E-state index is 5.92. The maximum Gasteiger partial charge on any atom is 0.123 e. The van der Waals surface area contributed by atoms with Crippen molar-refractivity contribution in [1.82, 2.24) is 0 Å². The summed E-state index contributed by atoms with van der Waals surface area (Å²) in [4.78, 5) is 1.36. The van der Waals surface area contributed by atoms with Crippen molar-refractivity contribution in [1.29, 1.82) is 0 Å². The van der Waals surface area contributed by atoms with Crippen molar-refractivity contribution in [2.45, 2.75) is 36.5 Å². The summed E-state index contributed by atoms with van der Waals surface area (Å²) in [6.45, 7) is 2.91. The van der Waals surface area contributed by atoms with Gasteiger partial charge in [0.1, 0.15) is 5.75 Å². The molecule has 0 radical (unpaired) electrons. The molecule has 17 heavy (non-hydrogen) atoms. The normalized spacial score (nSPS) is 16.9. The molecule has 2 N–H and O–H groups in total. The van der Waals surface area contributed by atoms with Gasteiger partial charge in [-0.25, -0.2) is 0 Å². The Bertz CT molecular complexity index is 413. The molecule has 1 fully saturated rings. The highest BCUT2D eigenvalue weighted by molar-refractivity contribution is 7.98. The van der Waals surface area contributed by atoms with Gasteiger partial charge >= 0.3 is 0 Å². The van der Waals surface area contributed by atoms with Gasteiger partial charge in [0.2, 0.25) is 0 Å². The van der Waals surface area contributed by atoms with Crippen LogP contribution >= 0.6 is 11.8 Å². The summed E-state index contributed by atoms with van der Waals surface area (Å²) in [5.41, 5.74) is 8.80. The van der Waals surface area contributed by atoms with E-state index in [1.807, 2.05) is 11.8 Å². The minimum absolute atomic E-state index is 0.197.